The van der Waals surface area contributed by atoms with E-state index in [0.29, 0.717) is 47.8 Å². The van der Waals surface area contributed by atoms with Gasteiger partial charge in [0, 0.05) is 39.1 Å². The third-order valence-corrected chi connectivity index (χ3v) is 7.54. The topological polar surface area (TPSA) is 82.2 Å². The van der Waals surface area contributed by atoms with Gasteiger partial charge >= 0.3 is 0 Å². The van der Waals surface area contributed by atoms with Gasteiger partial charge < -0.3 is 4.90 Å². The Balaban J connectivity index is 1.59. The van der Waals surface area contributed by atoms with Crippen LogP contribution < -0.4 is 5.56 Å². The lowest BCUT2D eigenvalue weighted by Crippen LogP contribution is -2.52. The summed E-state index contributed by atoms with van der Waals surface area (Å²) in [4.78, 5) is 36.5. The maximum Gasteiger partial charge on any atom is 0.264 e. The summed E-state index contributed by atoms with van der Waals surface area (Å²) in [5, 5.41) is 10.1. The van der Waals surface area contributed by atoms with E-state index in [2.05, 4.69) is 24.8 Å². The fourth-order valence-electron chi connectivity index (χ4n) is 4.61. The Hall–Kier alpha value is -2.24. The molecule has 8 heteroatoms. The molecule has 2 aromatic heterocycles. The molecule has 0 saturated carbocycles. The molecular weight excluding hydrogens is 398 g/mol. The zero-order chi connectivity index (χ0) is 21.4. The highest BCUT2D eigenvalue weighted by atomic mass is 32.1. The molecule has 4 rings (SSSR count). The number of piperazine rings is 1. The van der Waals surface area contributed by atoms with Crippen LogP contribution >= 0.6 is 11.3 Å². The Kier molecular flexibility index (Phi) is 5.94. The average Bonchev–Trinajstić information content (AvgIpc) is 2.89. The second kappa shape index (κ2) is 8.48. The van der Waals surface area contributed by atoms with Gasteiger partial charge in [-0.15, -0.1) is 11.3 Å². The minimum absolute atomic E-state index is 0.00307. The standard InChI is InChI=1S/C22H29N5O2S/c1-14(2)16(13-23)25-9-11-26(12-10-25)22(29)19-15(3)18-20(30-19)24-17-7-5-4-6-8-27(17)21(18)28/h14,16H,4-12H2,1-3H3. The second-order valence-corrected chi connectivity index (χ2v) is 9.68. The molecule has 1 unspecified atom stereocenters. The van der Waals surface area contributed by atoms with E-state index in [1.165, 1.54) is 11.3 Å². The number of aryl methyl sites for hydroxylation is 2. The number of hydrogen-bond acceptors (Lipinski definition) is 6. The smallest absolute Gasteiger partial charge is 0.264 e. The van der Waals surface area contributed by atoms with Gasteiger partial charge in [-0.1, -0.05) is 20.3 Å². The fraction of sp³-hybridized carbons (Fsp3) is 0.636. The molecule has 0 N–H and O–H groups in total. The van der Waals surface area contributed by atoms with Crippen molar-refractivity contribution in [3.63, 3.8) is 0 Å². The van der Waals surface area contributed by atoms with Crippen molar-refractivity contribution >= 4 is 27.5 Å². The number of amides is 1. The van der Waals surface area contributed by atoms with Crippen LogP contribution in [0.5, 0.6) is 0 Å². The van der Waals surface area contributed by atoms with Crippen LogP contribution in [-0.4, -0.2) is 57.5 Å². The van der Waals surface area contributed by atoms with Crippen molar-refractivity contribution in [2.45, 2.75) is 59.0 Å². The van der Waals surface area contributed by atoms with E-state index in [0.717, 1.165) is 37.1 Å². The van der Waals surface area contributed by atoms with Crippen molar-refractivity contribution in [1.29, 1.82) is 5.26 Å². The SMILES string of the molecule is Cc1c(C(=O)N2CCN(C(C#N)C(C)C)CC2)sc2nc3n(c(=O)c12)CCCCC3. The first kappa shape index (κ1) is 21.0. The number of carbonyl (C=O) groups is 1. The molecule has 0 bridgehead atoms. The van der Waals surface area contributed by atoms with Gasteiger partial charge in [0.05, 0.1) is 16.3 Å². The molecule has 0 spiro atoms. The summed E-state index contributed by atoms with van der Waals surface area (Å²) in [5.41, 5.74) is 0.764. The van der Waals surface area contributed by atoms with Crippen LogP contribution in [0.25, 0.3) is 10.2 Å². The number of fused-ring (bicyclic) bond motifs is 2. The lowest BCUT2D eigenvalue weighted by Gasteiger charge is -2.38. The van der Waals surface area contributed by atoms with Crippen LogP contribution in [0.3, 0.4) is 0 Å². The van der Waals surface area contributed by atoms with Gasteiger partial charge in [0.2, 0.25) is 0 Å². The number of hydrogen-bond donors (Lipinski definition) is 0. The fourth-order valence-corrected chi connectivity index (χ4v) is 5.77. The molecular formula is C22H29N5O2S. The van der Waals surface area contributed by atoms with Crippen LogP contribution in [0.1, 0.15) is 54.2 Å². The van der Waals surface area contributed by atoms with E-state index < -0.39 is 0 Å². The first-order chi connectivity index (χ1) is 14.4. The van der Waals surface area contributed by atoms with E-state index in [9.17, 15) is 14.9 Å². The quantitative estimate of drug-likeness (QED) is 0.752. The average molecular weight is 428 g/mol. The highest BCUT2D eigenvalue weighted by molar-refractivity contribution is 7.20. The van der Waals surface area contributed by atoms with Crippen molar-refractivity contribution in [2.24, 2.45) is 5.92 Å². The molecule has 2 aliphatic heterocycles. The van der Waals surface area contributed by atoms with Crippen molar-refractivity contribution < 1.29 is 4.79 Å². The third-order valence-electron chi connectivity index (χ3n) is 6.36. The highest BCUT2D eigenvalue weighted by Crippen LogP contribution is 2.30. The largest absolute Gasteiger partial charge is 0.335 e. The van der Waals surface area contributed by atoms with E-state index in [4.69, 9.17) is 4.98 Å². The van der Waals surface area contributed by atoms with Crippen molar-refractivity contribution in [2.75, 3.05) is 26.2 Å². The second-order valence-electron chi connectivity index (χ2n) is 8.68. The van der Waals surface area contributed by atoms with Gasteiger partial charge in [0.1, 0.15) is 16.7 Å². The van der Waals surface area contributed by atoms with Crippen LogP contribution in [0.15, 0.2) is 4.79 Å². The lowest BCUT2D eigenvalue weighted by atomic mass is 10.0. The zero-order valence-corrected chi connectivity index (χ0v) is 18.8. The normalized spacial score (nSPS) is 18.8. The summed E-state index contributed by atoms with van der Waals surface area (Å²) < 4.78 is 1.82. The first-order valence-electron chi connectivity index (χ1n) is 10.9. The predicted octanol–water partition coefficient (Wildman–Crippen LogP) is 2.80. The lowest BCUT2D eigenvalue weighted by molar-refractivity contribution is 0.0580. The summed E-state index contributed by atoms with van der Waals surface area (Å²) in [6.07, 6.45) is 4.00. The molecule has 7 nitrogen and oxygen atoms in total. The zero-order valence-electron chi connectivity index (χ0n) is 18.0. The van der Waals surface area contributed by atoms with E-state index >= 15 is 0 Å². The Bertz CT molecular complexity index is 1060. The maximum absolute atomic E-state index is 13.3. The number of carbonyl (C=O) groups excluding carboxylic acids is 1. The molecule has 2 aliphatic rings. The Morgan fingerprint density at radius 1 is 1.13 bits per heavy atom. The number of nitrogens with zero attached hydrogens (tertiary/aromatic N) is 5. The summed E-state index contributed by atoms with van der Waals surface area (Å²) >= 11 is 1.35. The number of thiophene rings is 1. The Morgan fingerprint density at radius 2 is 1.87 bits per heavy atom. The molecule has 1 fully saturated rings. The molecule has 0 aliphatic carbocycles. The molecule has 160 valence electrons. The van der Waals surface area contributed by atoms with Crippen LogP contribution in [0, 0.1) is 24.2 Å². The minimum atomic E-state index is -0.118. The molecule has 0 radical (unpaired) electrons. The third kappa shape index (κ3) is 3.65. The first-order valence-corrected chi connectivity index (χ1v) is 11.7. The Morgan fingerprint density at radius 3 is 2.53 bits per heavy atom. The summed E-state index contributed by atoms with van der Waals surface area (Å²) in [6, 6.07) is 2.27. The van der Waals surface area contributed by atoms with E-state index in [-0.39, 0.29) is 23.4 Å². The van der Waals surface area contributed by atoms with Gasteiger partial charge in [-0.05, 0) is 31.2 Å². The highest BCUT2D eigenvalue weighted by Gasteiger charge is 2.30. The van der Waals surface area contributed by atoms with Gasteiger partial charge in [-0.2, -0.15) is 5.26 Å². The molecule has 4 heterocycles. The molecule has 30 heavy (non-hydrogen) atoms. The Labute approximate surface area is 180 Å². The van der Waals surface area contributed by atoms with Gasteiger partial charge in [-0.3, -0.25) is 19.1 Å². The van der Waals surface area contributed by atoms with Crippen LogP contribution in [0.4, 0.5) is 0 Å². The van der Waals surface area contributed by atoms with Gasteiger partial charge in [-0.25, -0.2) is 4.98 Å². The van der Waals surface area contributed by atoms with Gasteiger partial charge in [0.25, 0.3) is 11.5 Å². The molecule has 0 aromatic carbocycles. The minimum Gasteiger partial charge on any atom is -0.335 e. The van der Waals surface area contributed by atoms with Crippen molar-refractivity contribution in [3.05, 3.63) is 26.6 Å². The van der Waals surface area contributed by atoms with Gasteiger partial charge in [0.15, 0.2) is 0 Å². The molecule has 1 atom stereocenters. The summed E-state index contributed by atoms with van der Waals surface area (Å²) in [5.74, 6) is 1.10. The van der Waals surface area contributed by atoms with E-state index in [1.807, 2.05) is 16.4 Å². The summed E-state index contributed by atoms with van der Waals surface area (Å²) in [6.45, 7) is 9.29. The monoisotopic (exact) mass is 427 g/mol. The maximum atomic E-state index is 13.3. The molecule has 1 saturated heterocycles. The van der Waals surface area contributed by atoms with E-state index in [1.54, 1.807) is 0 Å². The molecule has 2 aromatic rings. The number of aromatic nitrogens is 2. The van der Waals surface area contributed by atoms with Crippen LogP contribution in [0.2, 0.25) is 0 Å². The van der Waals surface area contributed by atoms with Crippen molar-refractivity contribution in [3.8, 4) is 6.07 Å². The molecule has 1 amide bonds. The van der Waals surface area contributed by atoms with Crippen molar-refractivity contribution in [1.82, 2.24) is 19.4 Å². The number of nitriles is 1. The van der Waals surface area contributed by atoms with Crippen LogP contribution in [-0.2, 0) is 13.0 Å². The summed E-state index contributed by atoms with van der Waals surface area (Å²) in [7, 11) is 0. The number of rotatable bonds is 3. The predicted molar refractivity (Wildman–Crippen MR) is 118 cm³/mol.